The number of hydrogen-bond acceptors (Lipinski definition) is 4. The van der Waals surface area contributed by atoms with Gasteiger partial charge in [-0.05, 0) is 45.7 Å². The van der Waals surface area contributed by atoms with Gasteiger partial charge in [0.05, 0.1) is 6.04 Å². The molecule has 18 heavy (non-hydrogen) atoms. The molecule has 1 aromatic rings. The largest absolute Gasteiger partial charge is 0.360 e. The predicted molar refractivity (Wildman–Crippen MR) is 69.3 cm³/mol. The molecule has 0 spiro atoms. The van der Waals surface area contributed by atoms with Gasteiger partial charge in [-0.25, -0.2) is 0 Å². The molecule has 0 aromatic carbocycles. The minimum Gasteiger partial charge on any atom is -0.360 e. The molecule has 1 aliphatic heterocycles. The monoisotopic (exact) mass is 251 g/mol. The van der Waals surface area contributed by atoms with Crippen LogP contribution in [0.3, 0.4) is 0 Å². The standard InChI is InChI=1S/C13H21N3O2/c1-9-4-6-16(7-5-9)11(3)13(17)14-12-8-10(2)18-15-12/h8-9,11H,4-7H2,1-3H3,(H,14,15,17). The molecule has 5 heteroatoms. The van der Waals surface area contributed by atoms with Gasteiger partial charge in [-0.2, -0.15) is 0 Å². The lowest BCUT2D eigenvalue weighted by molar-refractivity contribution is -0.121. The number of piperidine rings is 1. The number of rotatable bonds is 3. The van der Waals surface area contributed by atoms with Gasteiger partial charge in [0.25, 0.3) is 0 Å². The molecule has 1 unspecified atom stereocenters. The van der Waals surface area contributed by atoms with Crippen LogP contribution in [0.4, 0.5) is 5.82 Å². The molecule has 1 N–H and O–H groups in total. The summed E-state index contributed by atoms with van der Waals surface area (Å²) >= 11 is 0. The third kappa shape index (κ3) is 3.10. The van der Waals surface area contributed by atoms with E-state index in [4.69, 9.17) is 4.52 Å². The van der Waals surface area contributed by atoms with Crippen LogP contribution in [0.1, 0.15) is 32.4 Å². The molecule has 1 atom stereocenters. The van der Waals surface area contributed by atoms with E-state index in [2.05, 4.69) is 22.3 Å². The summed E-state index contributed by atoms with van der Waals surface area (Å²) < 4.78 is 4.93. The number of carbonyl (C=O) groups excluding carboxylic acids is 1. The molecule has 2 rings (SSSR count). The summed E-state index contributed by atoms with van der Waals surface area (Å²) in [5, 5.41) is 6.56. The van der Waals surface area contributed by atoms with E-state index in [0.29, 0.717) is 11.6 Å². The molecule has 1 aliphatic rings. The van der Waals surface area contributed by atoms with Gasteiger partial charge in [0.1, 0.15) is 5.76 Å². The number of aromatic nitrogens is 1. The van der Waals surface area contributed by atoms with Crippen molar-refractivity contribution in [3.8, 4) is 0 Å². The molecule has 100 valence electrons. The number of carbonyl (C=O) groups is 1. The topological polar surface area (TPSA) is 58.4 Å². The fourth-order valence-electron chi connectivity index (χ4n) is 2.24. The van der Waals surface area contributed by atoms with Crippen LogP contribution in [-0.2, 0) is 4.79 Å². The normalized spacial score (nSPS) is 19.7. The number of amides is 1. The molecule has 1 fully saturated rings. The molecule has 1 aromatic heterocycles. The number of hydrogen-bond donors (Lipinski definition) is 1. The molecular weight excluding hydrogens is 230 g/mol. The number of nitrogens with zero attached hydrogens (tertiary/aromatic N) is 2. The van der Waals surface area contributed by atoms with Crippen molar-refractivity contribution in [3.63, 3.8) is 0 Å². The zero-order chi connectivity index (χ0) is 13.1. The van der Waals surface area contributed by atoms with Crippen LogP contribution in [0, 0.1) is 12.8 Å². The van der Waals surface area contributed by atoms with Crippen molar-refractivity contribution in [1.29, 1.82) is 0 Å². The number of likely N-dealkylation sites (tertiary alicyclic amines) is 1. The molecule has 1 amide bonds. The third-order valence-corrected chi connectivity index (χ3v) is 3.62. The average molecular weight is 251 g/mol. The van der Waals surface area contributed by atoms with E-state index in [-0.39, 0.29) is 11.9 Å². The van der Waals surface area contributed by atoms with Gasteiger partial charge in [0.2, 0.25) is 5.91 Å². The molecule has 2 heterocycles. The van der Waals surface area contributed by atoms with Gasteiger partial charge in [0, 0.05) is 6.07 Å². The van der Waals surface area contributed by atoms with Crippen molar-refractivity contribution >= 4 is 11.7 Å². The van der Waals surface area contributed by atoms with Gasteiger partial charge in [-0.1, -0.05) is 12.1 Å². The van der Waals surface area contributed by atoms with E-state index in [9.17, 15) is 4.79 Å². The maximum absolute atomic E-state index is 12.1. The maximum atomic E-state index is 12.1. The average Bonchev–Trinajstić information content (AvgIpc) is 2.75. The van der Waals surface area contributed by atoms with Crippen molar-refractivity contribution in [3.05, 3.63) is 11.8 Å². The minimum absolute atomic E-state index is 0.0159. The van der Waals surface area contributed by atoms with Crippen LogP contribution in [-0.4, -0.2) is 35.1 Å². The van der Waals surface area contributed by atoms with Gasteiger partial charge >= 0.3 is 0 Å². The van der Waals surface area contributed by atoms with E-state index >= 15 is 0 Å². The molecule has 0 aliphatic carbocycles. The van der Waals surface area contributed by atoms with Crippen molar-refractivity contribution in [2.45, 2.75) is 39.7 Å². The van der Waals surface area contributed by atoms with Crippen molar-refractivity contribution in [1.82, 2.24) is 10.1 Å². The predicted octanol–water partition coefficient (Wildman–Crippen LogP) is 2.04. The first-order chi connectivity index (χ1) is 8.56. The zero-order valence-electron chi connectivity index (χ0n) is 11.3. The summed E-state index contributed by atoms with van der Waals surface area (Å²) in [5.74, 6) is 1.95. The highest BCUT2D eigenvalue weighted by Crippen LogP contribution is 2.18. The first-order valence-electron chi connectivity index (χ1n) is 6.54. The second kappa shape index (κ2) is 5.52. The molecule has 0 saturated carbocycles. The summed E-state index contributed by atoms with van der Waals surface area (Å²) in [6, 6.07) is 1.61. The van der Waals surface area contributed by atoms with Crippen molar-refractivity contribution in [2.75, 3.05) is 18.4 Å². The highest BCUT2D eigenvalue weighted by Gasteiger charge is 2.25. The highest BCUT2D eigenvalue weighted by atomic mass is 16.5. The van der Waals surface area contributed by atoms with E-state index in [1.807, 2.05) is 6.92 Å². The van der Waals surface area contributed by atoms with Crippen LogP contribution in [0.25, 0.3) is 0 Å². The first-order valence-corrected chi connectivity index (χ1v) is 6.54. The number of anilines is 1. The van der Waals surface area contributed by atoms with Gasteiger partial charge in [-0.3, -0.25) is 9.69 Å². The zero-order valence-corrected chi connectivity index (χ0v) is 11.3. The van der Waals surface area contributed by atoms with Crippen LogP contribution < -0.4 is 5.32 Å². The summed E-state index contributed by atoms with van der Waals surface area (Å²) in [7, 11) is 0. The summed E-state index contributed by atoms with van der Waals surface area (Å²) in [6.45, 7) is 8.00. The van der Waals surface area contributed by atoms with Crippen LogP contribution in [0.2, 0.25) is 0 Å². The van der Waals surface area contributed by atoms with Crippen LogP contribution in [0.5, 0.6) is 0 Å². The number of nitrogens with one attached hydrogen (secondary N) is 1. The smallest absolute Gasteiger partial charge is 0.242 e. The van der Waals surface area contributed by atoms with Gasteiger partial charge < -0.3 is 9.84 Å². The van der Waals surface area contributed by atoms with E-state index in [0.717, 1.165) is 19.0 Å². The fourth-order valence-corrected chi connectivity index (χ4v) is 2.24. The lowest BCUT2D eigenvalue weighted by Gasteiger charge is -2.33. The van der Waals surface area contributed by atoms with Crippen molar-refractivity contribution in [2.24, 2.45) is 5.92 Å². The van der Waals surface area contributed by atoms with E-state index in [1.165, 1.54) is 12.8 Å². The lowest BCUT2D eigenvalue weighted by atomic mass is 9.98. The van der Waals surface area contributed by atoms with Gasteiger partial charge in [0.15, 0.2) is 5.82 Å². The Morgan fingerprint density at radius 2 is 2.22 bits per heavy atom. The molecular formula is C13H21N3O2. The maximum Gasteiger partial charge on any atom is 0.242 e. The molecule has 0 bridgehead atoms. The first kappa shape index (κ1) is 13.1. The Hall–Kier alpha value is -1.36. The summed E-state index contributed by atoms with van der Waals surface area (Å²) in [6.07, 6.45) is 2.33. The fraction of sp³-hybridized carbons (Fsp3) is 0.692. The molecule has 5 nitrogen and oxygen atoms in total. The Morgan fingerprint density at radius 1 is 1.56 bits per heavy atom. The second-order valence-corrected chi connectivity index (χ2v) is 5.21. The Kier molecular flexibility index (Phi) is 4.01. The van der Waals surface area contributed by atoms with E-state index in [1.54, 1.807) is 13.0 Å². The Balaban J connectivity index is 1.88. The number of aryl methyl sites for hydroxylation is 1. The quantitative estimate of drug-likeness (QED) is 0.893. The van der Waals surface area contributed by atoms with Crippen LogP contribution in [0.15, 0.2) is 10.6 Å². The lowest BCUT2D eigenvalue weighted by Crippen LogP contribution is -2.45. The Morgan fingerprint density at radius 3 is 2.78 bits per heavy atom. The SMILES string of the molecule is Cc1cc(NC(=O)C(C)N2CCC(C)CC2)no1. The van der Waals surface area contributed by atoms with Gasteiger partial charge in [-0.15, -0.1) is 0 Å². The summed E-state index contributed by atoms with van der Waals surface area (Å²) in [4.78, 5) is 14.3. The Labute approximate surface area is 108 Å². The molecule has 1 saturated heterocycles. The van der Waals surface area contributed by atoms with Crippen LogP contribution >= 0.6 is 0 Å². The Bertz CT molecular complexity index is 408. The second-order valence-electron chi connectivity index (χ2n) is 5.21. The van der Waals surface area contributed by atoms with Crippen molar-refractivity contribution < 1.29 is 9.32 Å². The molecule has 0 radical (unpaired) electrons. The highest BCUT2D eigenvalue weighted by molar-refractivity contribution is 5.93. The summed E-state index contributed by atoms with van der Waals surface area (Å²) in [5.41, 5.74) is 0. The minimum atomic E-state index is -0.116. The third-order valence-electron chi connectivity index (χ3n) is 3.62. The van der Waals surface area contributed by atoms with E-state index < -0.39 is 0 Å².